The van der Waals surface area contributed by atoms with Crippen molar-refractivity contribution in [1.29, 1.82) is 0 Å². The molecule has 0 spiro atoms. The Balaban J connectivity index is 2.88. The molecule has 0 saturated carbocycles. The minimum atomic E-state index is -0.0433. The van der Waals surface area contributed by atoms with Gasteiger partial charge in [-0.1, -0.05) is 6.92 Å². The smallest absolute Gasteiger partial charge is 0.252 e. The molecular weight excluding hydrogens is 178 g/mol. The third kappa shape index (κ3) is 1.28. The molecule has 0 fully saturated rings. The van der Waals surface area contributed by atoms with Crippen molar-refractivity contribution in [3.8, 4) is 0 Å². The van der Waals surface area contributed by atoms with Crippen molar-refractivity contribution in [1.82, 2.24) is 14.5 Å². The Morgan fingerprint density at radius 3 is 2.93 bits per heavy atom. The Morgan fingerprint density at radius 2 is 2.21 bits per heavy atom. The van der Waals surface area contributed by atoms with Crippen molar-refractivity contribution < 1.29 is 0 Å². The monoisotopic (exact) mass is 189 g/mol. The number of nitrogens with zero attached hydrogens (tertiary/aromatic N) is 3. The summed E-state index contributed by atoms with van der Waals surface area (Å²) in [7, 11) is 1.73. The van der Waals surface area contributed by atoms with Crippen LogP contribution in [0.5, 0.6) is 0 Å². The van der Waals surface area contributed by atoms with Gasteiger partial charge in [0.25, 0.3) is 5.56 Å². The zero-order valence-corrected chi connectivity index (χ0v) is 8.19. The van der Waals surface area contributed by atoms with Crippen LogP contribution in [0.3, 0.4) is 0 Å². The third-order valence-corrected chi connectivity index (χ3v) is 2.26. The van der Waals surface area contributed by atoms with Gasteiger partial charge in [-0.15, -0.1) is 0 Å². The topological polar surface area (TPSA) is 47.8 Å². The fraction of sp³-hybridized carbons (Fsp3) is 0.300. The van der Waals surface area contributed by atoms with E-state index in [1.807, 2.05) is 6.92 Å². The summed E-state index contributed by atoms with van der Waals surface area (Å²) in [5.41, 5.74) is 1.66. The first-order valence-electron chi connectivity index (χ1n) is 4.52. The highest BCUT2D eigenvalue weighted by atomic mass is 16.1. The van der Waals surface area contributed by atoms with Gasteiger partial charge >= 0.3 is 0 Å². The van der Waals surface area contributed by atoms with Crippen molar-refractivity contribution in [2.45, 2.75) is 13.3 Å². The molecule has 0 bridgehead atoms. The van der Waals surface area contributed by atoms with Gasteiger partial charge in [0.1, 0.15) is 6.33 Å². The van der Waals surface area contributed by atoms with Crippen LogP contribution >= 0.6 is 0 Å². The lowest BCUT2D eigenvalue weighted by Gasteiger charge is -2.03. The van der Waals surface area contributed by atoms with Crippen molar-refractivity contribution in [3.05, 3.63) is 34.6 Å². The Morgan fingerprint density at radius 1 is 1.43 bits per heavy atom. The summed E-state index contributed by atoms with van der Waals surface area (Å²) < 4.78 is 1.55. The van der Waals surface area contributed by atoms with Crippen molar-refractivity contribution in [3.63, 3.8) is 0 Å². The molecular formula is C10H11N3O. The molecule has 0 aliphatic heterocycles. The van der Waals surface area contributed by atoms with E-state index in [1.165, 1.54) is 12.4 Å². The van der Waals surface area contributed by atoms with E-state index < -0.39 is 0 Å². The van der Waals surface area contributed by atoms with E-state index >= 15 is 0 Å². The fourth-order valence-electron chi connectivity index (χ4n) is 1.46. The molecule has 0 aromatic carbocycles. The summed E-state index contributed by atoms with van der Waals surface area (Å²) >= 11 is 0. The van der Waals surface area contributed by atoms with E-state index in [9.17, 15) is 4.79 Å². The van der Waals surface area contributed by atoms with Crippen LogP contribution in [0.15, 0.2) is 23.4 Å². The maximum Gasteiger partial charge on any atom is 0.252 e. The molecule has 0 radical (unpaired) electrons. The van der Waals surface area contributed by atoms with E-state index in [0.29, 0.717) is 0 Å². The first-order chi connectivity index (χ1) is 6.72. The van der Waals surface area contributed by atoms with Crippen LogP contribution in [-0.2, 0) is 13.5 Å². The van der Waals surface area contributed by atoms with Crippen LogP contribution in [0.25, 0.3) is 10.9 Å². The summed E-state index contributed by atoms with van der Waals surface area (Å²) in [4.78, 5) is 19.6. The van der Waals surface area contributed by atoms with Crippen molar-refractivity contribution in [2.75, 3.05) is 0 Å². The second-order valence-corrected chi connectivity index (χ2v) is 3.20. The van der Waals surface area contributed by atoms with Gasteiger partial charge in [0.2, 0.25) is 0 Å². The van der Waals surface area contributed by atoms with Gasteiger partial charge < -0.3 is 4.57 Å². The minimum absolute atomic E-state index is 0.0433. The highest BCUT2D eigenvalue weighted by Gasteiger charge is 2.03. The SMILES string of the molecule is CCc1ncnc2cc(=O)n(C)cc12. The van der Waals surface area contributed by atoms with Gasteiger partial charge in [-0.25, -0.2) is 9.97 Å². The number of hydrogen-bond acceptors (Lipinski definition) is 3. The summed E-state index contributed by atoms with van der Waals surface area (Å²) in [6.45, 7) is 2.03. The third-order valence-electron chi connectivity index (χ3n) is 2.26. The number of aromatic nitrogens is 3. The van der Waals surface area contributed by atoms with Crippen LogP contribution < -0.4 is 5.56 Å². The van der Waals surface area contributed by atoms with Crippen LogP contribution in [0.4, 0.5) is 0 Å². The Hall–Kier alpha value is -1.71. The lowest BCUT2D eigenvalue weighted by Crippen LogP contribution is -2.15. The average molecular weight is 189 g/mol. The Kier molecular flexibility index (Phi) is 2.04. The number of pyridine rings is 1. The molecule has 2 aromatic heterocycles. The molecule has 0 N–H and O–H groups in total. The van der Waals surface area contributed by atoms with E-state index in [4.69, 9.17) is 0 Å². The molecule has 0 saturated heterocycles. The molecule has 4 heteroatoms. The highest BCUT2D eigenvalue weighted by molar-refractivity contribution is 5.79. The molecule has 0 aliphatic carbocycles. The van der Waals surface area contributed by atoms with E-state index in [-0.39, 0.29) is 5.56 Å². The van der Waals surface area contributed by atoms with Crippen LogP contribution in [0, 0.1) is 0 Å². The summed E-state index contributed by atoms with van der Waals surface area (Å²) in [5.74, 6) is 0. The Labute approximate surface area is 81.2 Å². The molecule has 4 nitrogen and oxygen atoms in total. The van der Waals surface area contributed by atoms with Gasteiger partial charge in [0.15, 0.2) is 0 Å². The average Bonchev–Trinajstić information content (AvgIpc) is 2.19. The molecule has 2 rings (SSSR count). The predicted octanol–water partition coefficient (Wildman–Crippen LogP) is 0.891. The molecule has 0 amide bonds. The normalized spacial score (nSPS) is 10.7. The van der Waals surface area contributed by atoms with Gasteiger partial charge in [-0.2, -0.15) is 0 Å². The van der Waals surface area contributed by atoms with Crippen LogP contribution in [-0.4, -0.2) is 14.5 Å². The maximum absolute atomic E-state index is 11.3. The second kappa shape index (κ2) is 3.21. The molecule has 0 atom stereocenters. The summed E-state index contributed by atoms with van der Waals surface area (Å²) in [6.07, 6.45) is 4.13. The van der Waals surface area contributed by atoms with E-state index in [2.05, 4.69) is 9.97 Å². The van der Waals surface area contributed by atoms with Gasteiger partial charge in [-0.3, -0.25) is 4.79 Å². The number of fused-ring (bicyclic) bond motifs is 1. The Bertz CT molecular complexity index is 530. The lowest BCUT2D eigenvalue weighted by molar-refractivity contribution is 0.864. The van der Waals surface area contributed by atoms with Crippen LogP contribution in [0.1, 0.15) is 12.6 Å². The minimum Gasteiger partial charge on any atom is -0.318 e. The van der Waals surface area contributed by atoms with E-state index in [0.717, 1.165) is 23.0 Å². The maximum atomic E-state index is 11.3. The molecule has 72 valence electrons. The fourth-order valence-corrected chi connectivity index (χ4v) is 1.46. The second-order valence-electron chi connectivity index (χ2n) is 3.20. The van der Waals surface area contributed by atoms with E-state index in [1.54, 1.807) is 17.8 Å². The zero-order chi connectivity index (χ0) is 10.1. The molecule has 0 aliphatic rings. The zero-order valence-electron chi connectivity index (χ0n) is 8.19. The number of hydrogen-bond donors (Lipinski definition) is 0. The standard InChI is InChI=1S/C10H11N3O/c1-3-8-7-5-13(2)10(14)4-9(7)12-6-11-8/h4-6H,3H2,1-2H3. The van der Waals surface area contributed by atoms with Crippen molar-refractivity contribution in [2.24, 2.45) is 7.05 Å². The van der Waals surface area contributed by atoms with Crippen molar-refractivity contribution >= 4 is 10.9 Å². The quantitative estimate of drug-likeness (QED) is 0.669. The molecule has 0 unspecified atom stereocenters. The molecule has 2 aromatic rings. The van der Waals surface area contributed by atoms with Gasteiger partial charge in [0.05, 0.1) is 11.2 Å². The molecule has 2 heterocycles. The van der Waals surface area contributed by atoms with Gasteiger partial charge in [-0.05, 0) is 6.42 Å². The molecule has 14 heavy (non-hydrogen) atoms. The first kappa shape index (κ1) is 8.87. The largest absolute Gasteiger partial charge is 0.318 e. The van der Waals surface area contributed by atoms with Gasteiger partial charge in [0, 0.05) is 24.7 Å². The number of rotatable bonds is 1. The predicted molar refractivity (Wildman–Crippen MR) is 54.2 cm³/mol. The number of aryl methyl sites for hydroxylation is 2. The lowest BCUT2D eigenvalue weighted by atomic mass is 10.2. The first-order valence-corrected chi connectivity index (χ1v) is 4.52. The summed E-state index contributed by atoms with van der Waals surface area (Å²) in [5, 5.41) is 0.956. The van der Waals surface area contributed by atoms with Crippen LogP contribution in [0.2, 0.25) is 0 Å². The summed E-state index contributed by atoms with van der Waals surface area (Å²) in [6, 6.07) is 1.54. The highest BCUT2D eigenvalue weighted by Crippen LogP contribution is 2.11.